The molecule has 3 heterocycles. The zero-order valence-corrected chi connectivity index (χ0v) is 19.2. The van der Waals surface area contributed by atoms with E-state index in [0.717, 1.165) is 0 Å². The Morgan fingerprint density at radius 2 is 1.91 bits per heavy atom. The third-order valence-electron chi connectivity index (χ3n) is 4.89. The lowest BCUT2D eigenvalue weighted by atomic mass is 10.0. The normalized spacial score (nSPS) is 12.6. The molecule has 33 heavy (non-hydrogen) atoms. The van der Waals surface area contributed by atoms with Gasteiger partial charge in [0.05, 0.1) is 23.4 Å². The summed E-state index contributed by atoms with van der Waals surface area (Å²) in [5.74, 6) is -0.447. The highest BCUT2D eigenvalue weighted by Crippen LogP contribution is 2.24. The molecular formula is C22H28FN7O3. The first-order valence-corrected chi connectivity index (χ1v) is 10.5. The maximum Gasteiger partial charge on any atom is 0.256 e. The summed E-state index contributed by atoms with van der Waals surface area (Å²) in [5, 5.41) is 22.6. The summed E-state index contributed by atoms with van der Waals surface area (Å²) in [6.45, 7) is 6.12. The zero-order valence-electron chi connectivity index (χ0n) is 19.2. The lowest BCUT2D eigenvalue weighted by Crippen LogP contribution is -2.42. The fourth-order valence-corrected chi connectivity index (χ4v) is 3.03. The van der Waals surface area contributed by atoms with Crippen molar-refractivity contribution in [2.45, 2.75) is 45.5 Å². The summed E-state index contributed by atoms with van der Waals surface area (Å²) in [5.41, 5.74) is 0.557. The first kappa shape index (κ1) is 24.1. The van der Waals surface area contributed by atoms with Gasteiger partial charge in [-0.05, 0) is 33.8 Å². The van der Waals surface area contributed by atoms with Gasteiger partial charge in [0.25, 0.3) is 11.8 Å². The number of aromatic nitrogens is 4. The number of pyridine rings is 1. The summed E-state index contributed by atoms with van der Waals surface area (Å²) < 4.78 is 15.6. The fraction of sp³-hybridized carbons (Fsp3) is 0.409. The lowest BCUT2D eigenvalue weighted by Gasteiger charge is -2.22. The monoisotopic (exact) mass is 457 g/mol. The van der Waals surface area contributed by atoms with Crippen molar-refractivity contribution in [3.8, 4) is 11.3 Å². The number of aliphatic hydroxyl groups is 1. The van der Waals surface area contributed by atoms with Crippen LogP contribution in [0.2, 0.25) is 0 Å². The van der Waals surface area contributed by atoms with Crippen LogP contribution >= 0.6 is 0 Å². The second kappa shape index (κ2) is 9.49. The molecule has 0 aliphatic rings. The van der Waals surface area contributed by atoms with Crippen LogP contribution in [0.15, 0.2) is 30.7 Å². The van der Waals surface area contributed by atoms with Crippen molar-refractivity contribution >= 4 is 23.3 Å². The van der Waals surface area contributed by atoms with Gasteiger partial charge in [0, 0.05) is 43.3 Å². The molecule has 3 rings (SSSR count). The van der Waals surface area contributed by atoms with Crippen LogP contribution in [0.25, 0.3) is 16.9 Å². The topological polar surface area (TPSA) is 134 Å². The van der Waals surface area contributed by atoms with E-state index in [0.29, 0.717) is 28.3 Å². The van der Waals surface area contributed by atoms with Gasteiger partial charge in [-0.3, -0.25) is 14.6 Å². The highest BCUT2D eigenvalue weighted by molar-refractivity contribution is 5.99. The second-order valence-corrected chi connectivity index (χ2v) is 8.49. The van der Waals surface area contributed by atoms with Gasteiger partial charge in [0.1, 0.15) is 17.6 Å². The molecule has 0 saturated carbocycles. The van der Waals surface area contributed by atoms with E-state index in [1.54, 1.807) is 18.3 Å². The van der Waals surface area contributed by atoms with Gasteiger partial charge in [0.2, 0.25) is 0 Å². The van der Waals surface area contributed by atoms with Crippen molar-refractivity contribution in [3.05, 3.63) is 41.9 Å². The quantitative estimate of drug-likeness (QED) is 0.405. The van der Waals surface area contributed by atoms with E-state index in [2.05, 4.69) is 31.0 Å². The van der Waals surface area contributed by atoms with Gasteiger partial charge in [-0.25, -0.2) is 9.37 Å². The Hall–Kier alpha value is -3.60. The molecule has 176 valence electrons. The number of anilines is 1. The largest absolute Gasteiger partial charge is 0.387 e. The maximum absolute atomic E-state index is 14.1. The van der Waals surface area contributed by atoms with Gasteiger partial charge in [-0.2, -0.15) is 9.61 Å². The Kier molecular flexibility index (Phi) is 6.92. The number of halogens is 1. The van der Waals surface area contributed by atoms with Crippen LogP contribution in [-0.4, -0.2) is 67.9 Å². The molecule has 4 N–H and O–H groups in total. The van der Waals surface area contributed by atoms with Gasteiger partial charge in [0.15, 0.2) is 5.65 Å². The number of hydrogen-bond acceptors (Lipinski definition) is 7. The average molecular weight is 458 g/mol. The Balaban J connectivity index is 2.00. The molecule has 0 fully saturated rings. The number of fused-ring (bicyclic) bond motifs is 1. The van der Waals surface area contributed by atoms with Crippen LogP contribution in [0.3, 0.4) is 0 Å². The van der Waals surface area contributed by atoms with Crippen LogP contribution in [0.4, 0.5) is 10.2 Å². The predicted octanol–water partition coefficient (Wildman–Crippen LogP) is 1.81. The number of nitrogens with one attached hydrogen (secondary N) is 3. The third kappa shape index (κ3) is 5.43. The van der Waals surface area contributed by atoms with E-state index in [1.165, 1.54) is 37.8 Å². The number of amides is 2. The standard InChI is InChI=1S/C22H28FN7O3/c1-12(2)28-19-15(21(32)27-11-17(23)22(3,4)33)10-26-18-7-16(29-30(18)19)13-6-14(9-25-8-13)20(31)24-5/h6-10,12,17,28,33H,11H2,1-5H3,(H,24,31)(H,27,32). The molecule has 11 heteroatoms. The van der Waals surface area contributed by atoms with E-state index in [4.69, 9.17) is 0 Å². The first-order chi connectivity index (χ1) is 15.5. The molecule has 0 saturated heterocycles. The van der Waals surface area contributed by atoms with Crippen LogP contribution in [0.5, 0.6) is 0 Å². The van der Waals surface area contributed by atoms with Crippen LogP contribution in [0, 0.1) is 0 Å². The molecule has 3 aromatic rings. The molecule has 1 unspecified atom stereocenters. The van der Waals surface area contributed by atoms with Crippen molar-refractivity contribution in [1.82, 2.24) is 30.2 Å². The number of rotatable bonds is 8. The highest BCUT2D eigenvalue weighted by Gasteiger charge is 2.27. The third-order valence-corrected chi connectivity index (χ3v) is 4.89. The molecule has 10 nitrogen and oxygen atoms in total. The number of nitrogens with zero attached hydrogens (tertiary/aromatic N) is 4. The molecule has 0 aromatic carbocycles. The molecule has 1 atom stereocenters. The zero-order chi connectivity index (χ0) is 24.3. The Morgan fingerprint density at radius 3 is 2.55 bits per heavy atom. The minimum atomic E-state index is -1.64. The van der Waals surface area contributed by atoms with Crippen molar-refractivity contribution in [2.24, 2.45) is 0 Å². The Morgan fingerprint density at radius 1 is 1.18 bits per heavy atom. The van der Waals surface area contributed by atoms with Gasteiger partial charge >= 0.3 is 0 Å². The molecule has 0 aliphatic carbocycles. The lowest BCUT2D eigenvalue weighted by molar-refractivity contribution is -0.00178. The van der Waals surface area contributed by atoms with Crippen molar-refractivity contribution < 1.29 is 19.1 Å². The van der Waals surface area contributed by atoms with E-state index < -0.39 is 17.7 Å². The summed E-state index contributed by atoms with van der Waals surface area (Å²) in [6.07, 6.45) is 2.78. The Bertz CT molecular complexity index is 1170. The molecule has 3 aromatic heterocycles. The van der Waals surface area contributed by atoms with Crippen molar-refractivity contribution in [3.63, 3.8) is 0 Å². The van der Waals surface area contributed by atoms with Gasteiger partial charge in [-0.15, -0.1) is 0 Å². The summed E-state index contributed by atoms with van der Waals surface area (Å²) >= 11 is 0. The second-order valence-electron chi connectivity index (χ2n) is 8.49. The smallest absolute Gasteiger partial charge is 0.256 e. The number of alkyl halides is 1. The average Bonchev–Trinajstić information content (AvgIpc) is 3.21. The van der Waals surface area contributed by atoms with E-state index in [-0.39, 0.29) is 24.1 Å². The van der Waals surface area contributed by atoms with Crippen molar-refractivity contribution in [1.29, 1.82) is 0 Å². The fourth-order valence-electron chi connectivity index (χ4n) is 3.03. The van der Waals surface area contributed by atoms with Crippen molar-refractivity contribution in [2.75, 3.05) is 18.9 Å². The van der Waals surface area contributed by atoms with Crippen LogP contribution < -0.4 is 16.0 Å². The first-order valence-electron chi connectivity index (χ1n) is 10.5. The summed E-state index contributed by atoms with van der Waals surface area (Å²) in [6, 6.07) is 3.33. The van der Waals surface area contributed by atoms with Gasteiger partial charge < -0.3 is 21.1 Å². The molecule has 0 radical (unpaired) electrons. The van der Waals surface area contributed by atoms with Crippen LogP contribution in [0.1, 0.15) is 48.4 Å². The molecule has 0 bridgehead atoms. The molecule has 0 aliphatic heterocycles. The number of carbonyl (C=O) groups is 2. The van der Waals surface area contributed by atoms with Crippen LogP contribution in [-0.2, 0) is 0 Å². The number of carbonyl (C=O) groups excluding carboxylic acids is 2. The molecule has 0 spiro atoms. The SMILES string of the molecule is CNC(=O)c1cncc(-c2cc3ncc(C(=O)NCC(F)C(C)(C)O)c(NC(C)C)n3n2)c1. The van der Waals surface area contributed by atoms with E-state index in [9.17, 15) is 19.1 Å². The minimum Gasteiger partial charge on any atom is -0.387 e. The van der Waals surface area contributed by atoms with Gasteiger partial charge in [-0.1, -0.05) is 0 Å². The minimum absolute atomic E-state index is 0.0432. The highest BCUT2D eigenvalue weighted by atomic mass is 19.1. The predicted molar refractivity (Wildman–Crippen MR) is 122 cm³/mol. The van der Waals surface area contributed by atoms with E-state index >= 15 is 0 Å². The summed E-state index contributed by atoms with van der Waals surface area (Å²) in [7, 11) is 1.53. The number of hydrogen-bond donors (Lipinski definition) is 4. The molecule has 2 amide bonds. The molecular weight excluding hydrogens is 429 g/mol. The Labute approximate surface area is 190 Å². The maximum atomic E-state index is 14.1. The van der Waals surface area contributed by atoms with E-state index in [1.807, 2.05) is 13.8 Å². The summed E-state index contributed by atoms with van der Waals surface area (Å²) in [4.78, 5) is 33.2.